The van der Waals surface area contributed by atoms with Gasteiger partial charge in [0.2, 0.25) is 0 Å². The van der Waals surface area contributed by atoms with Crippen LogP contribution in [0.3, 0.4) is 0 Å². The molecule has 26 heavy (non-hydrogen) atoms. The normalized spacial score (nSPS) is 10.2. The van der Waals surface area contributed by atoms with Gasteiger partial charge in [-0.25, -0.2) is 4.98 Å². The lowest BCUT2D eigenvalue weighted by Gasteiger charge is -2.06. The molecule has 8 heteroatoms. The standard InChI is InChI=1S/C18H14ClN3O4/c19-16-14(7-4-10-20-16)17(23)21-22-18(24)15-9-8-13(26-15)11-25-12-5-2-1-3-6-12/h1-10H,11H2,(H,21,23)(H,22,24). The number of hydrogen-bond acceptors (Lipinski definition) is 5. The molecule has 2 aromatic heterocycles. The number of benzene rings is 1. The molecule has 0 fully saturated rings. The van der Waals surface area contributed by atoms with Crippen LogP contribution in [0.5, 0.6) is 5.75 Å². The van der Waals surface area contributed by atoms with Crippen LogP contribution in [-0.2, 0) is 6.61 Å². The molecule has 2 heterocycles. The van der Waals surface area contributed by atoms with Crippen LogP contribution in [-0.4, -0.2) is 16.8 Å². The molecule has 0 unspecified atom stereocenters. The molecule has 7 nitrogen and oxygen atoms in total. The average Bonchev–Trinajstić information content (AvgIpc) is 3.14. The van der Waals surface area contributed by atoms with Crippen LogP contribution in [0.15, 0.2) is 65.2 Å². The van der Waals surface area contributed by atoms with Crippen LogP contribution in [0.1, 0.15) is 26.7 Å². The number of para-hydroxylation sites is 1. The van der Waals surface area contributed by atoms with Gasteiger partial charge in [-0.05, 0) is 36.4 Å². The van der Waals surface area contributed by atoms with Gasteiger partial charge >= 0.3 is 5.91 Å². The maximum atomic E-state index is 12.0. The SMILES string of the molecule is O=C(NNC(=O)c1cccnc1Cl)c1ccc(COc2ccccc2)o1. The number of nitrogens with zero attached hydrogens (tertiary/aromatic N) is 1. The molecule has 0 atom stereocenters. The van der Waals surface area contributed by atoms with Gasteiger partial charge in [-0.1, -0.05) is 29.8 Å². The lowest BCUT2D eigenvalue weighted by Crippen LogP contribution is -2.41. The molecule has 0 bridgehead atoms. The topological polar surface area (TPSA) is 93.5 Å². The Morgan fingerprint density at radius 2 is 1.77 bits per heavy atom. The van der Waals surface area contributed by atoms with E-state index in [0.717, 1.165) is 0 Å². The molecule has 2 N–H and O–H groups in total. The summed E-state index contributed by atoms with van der Waals surface area (Å²) in [6, 6.07) is 15.4. The number of furan rings is 1. The van der Waals surface area contributed by atoms with Crippen molar-refractivity contribution < 1.29 is 18.7 Å². The molecule has 3 rings (SSSR count). The maximum absolute atomic E-state index is 12.0. The Labute approximate surface area is 153 Å². The van der Waals surface area contributed by atoms with Crippen molar-refractivity contribution >= 4 is 23.4 Å². The van der Waals surface area contributed by atoms with Crippen molar-refractivity contribution in [1.82, 2.24) is 15.8 Å². The Kier molecular flexibility index (Phi) is 5.50. The third-order valence-electron chi connectivity index (χ3n) is 3.30. The number of ether oxygens (including phenoxy) is 1. The summed E-state index contributed by atoms with van der Waals surface area (Å²) in [7, 11) is 0. The number of nitrogens with one attached hydrogen (secondary N) is 2. The monoisotopic (exact) mass is 371 g/mol. The molecule has 0 aliphatic heterocycles. The van der Waals surface area contributed by atoms with Crippen molar-refractivity contribution in [2.45, 2.75) is 6.61 Å². The first-order chi connectivity index (χ1) is 12.6. The summed E-state index contributed by atoms with van der Waals surface area (Å²) in [5.74, 6) is 0.00496. The maximum Gasteiger partial charge on any atom is 0.305 e. The van der Waals surface area contributed by atoms with Gasteiger partial charge in [-0.2, -0.15) is 0 Å². The summed E-state index contributed by atoms with van der Waals surface area (Å²) < 4.78 is 10.9. The Balaban J connectivity index is 1.53. The highest BCUT2D eigenvalue weighted by Gasteiger charge is 2.15. The average molecular weight is 372 g/mol. The molecular weight excluding hydrogens is 358 g/mol. The van der Waals surface area contributed by atoms with Gasteiger partial charge in [0.15, 0.2) is 5.76 Å². The smallest absolute Gasteiger partial charge is 0.305 e. The van der Waals surface area contributed by atoms with E-state index in [2.05, 4.69) is 15.8 Å². The Morgan fingerprint density at radius 3 is 2.54 bits per heavy atom. The summed E-state index contributed by atoms with van der Waals surface area (Å²) in [6.07, 6.45) is 1.46. The molecule has 0 aliphatic rings. The summed E-state index contributed by atoms with van der Waals surface area (Å²) in [5, 5.41) is 0.0394. The predicted octanol–water partition coefficient (Wildman–Crippen LogP) is 2.98. The minimum Gasteiger partial charge on any atom is -0.486 e. The summed E-state index contributed by atoms with van der Waals surface area (Å²) in [5.41, 5.74) is 4.65. The Hall–Kier alpha value is -3.32. The predicted molar refractivity (Wildman–Crippen MR) is 93.7 cm³/mol. The van der Waals surface area contributed by atoms with Crippen LogP contribution in [0.2, 0.25) is 5.15 Å². The first-order valence-electron chi connectivity index (χ1n) is 7.61. The number of pyridine rings is 1. The zero-order valence-electron chi connectivity index (χ0n) is 13.4. The number of amides is 2. The van der Waals surface area contributed by atoms with Crippen molar-refractivity contribution in [3.63, 3.8) is 0 Å². The first-order valence-corrected chi connectivity index (χ1v) is 7.99. The van der Waals surface area contributed by atoms with E-state index in [1.807, 2.05) is 30.3 Å². The molecule has 0 saturated carbocycles. The Morgan fingerprint density at radius 1 is 1.00 bits per heavy atom. The number of hydrazine groups is 1. The second kappa shape index (κ2) is 8.17. The van der Waals surface area contributed by atoms with E-state index in [1.165, 1.54) is 18.3 Å². The molecule has 0 saturated heterocycles. The summed E-state index contributed by atoms with van der Waals surface area (Å²) >= 11 is 5.82. The van der Waals surface area contributed by atoms with Gasteiger partial charge in [0.1, 0.15) is 23.3 Å². The molecule has 132 valence electrons. The van der Waals surface area contributed by atoms with Crippen LogP contribution >= 0.6 is 11.6 Å². The highest BCUT2D eigenvalue weighted by Crippen LogP contribution is 2.14. The molecular formula is C18H14ClN3O4. The van der Waals surface area contributed by atoms with Crippen LogP contribution in [0.4, 0.5) is 0 Å². The van der Waals surface area contributed by atoms with Crippen molar-refractivity contribution in [2.75, 3.05) is 0 Å². The summed E-state index contributed by atoms with van der Waals surface area (Å²) in [4.78, 5) is 27.8. The van der Waals surface area contributed by atoms with Gasteiger partial charge in [0, 0.05) is 6.20 Å². The third kappa shape index (κ3) is 4.40. The number of halogens is 1. The van der Waals surface area contributed by atoms with Crippen molar-refractivity contribution in [3.8, 4) is 5.75 Å². The fourth-order valence-corrected chi connectivity index (χ4v) is 2.25. The number of aromatic nitrogens is 1. The second-order valence-corrected chi connectivity index (χ2v) is 5.48. The van der Waals surface area contributed by atoms with E-state index in [1.54, 1.807) is 12.1 Å². The molecule has 3 aromatic rings. The number of hydrogen-bond donors (Lipinski definition) is 2. The van der Waals surface area contributed by atoms with Gasteiger partial charge in [-0.15, -0.1) is 0 Å². The van der Waals surface area contributed by atoms with E-state index in [9.17, 15) is 9.59 Å². The van der Waals surface area contributed by atoms with Gasteiger partial charge in [-0.3, -0.25) is 20.4 Å². The van der Waals surface area contributed by atoms with Gasteiger partial charge in [0.25, 0.3) is 5.91 Å². The van der Waals surface area contributed by atoms with E-state index < -0.39 is 11.8 Å². The fourth-order valence-electron chi connectivity index (χ4n) is 2.05. The van der Waals surface area contributed by atoms with Crippen LogP contribution in [0, 0.1) is 0 Å². The van der Waals surface area contributed by atoms with Crippen LogP contribution in [0.25, 0.3) is 0 Å². The molecule has 0 spiro atoms. The van der Waals surface area contributed by atoms with E-state index >= 15 is 0 Å². The van der Waals surface area contributed by atoms with Gasteiger partial charge in [0.05, 0.1) is 5.56 Å². The first kappa shape index (κ1) is 17.5. The molecule has 0 radical (unpaired) electrons. The third-order valence-corrected chi connectivity index (χ3v) is 3.60. The van der Waals surface area contributed by atoms with Crippen molar-refractivity contribution in [1.29, 1.82) is 0 Å². The van der Waals surface area contributed by atoms with Crippen LogP contribution < -0.4 is 15.6 Å². The van der Waals surface area contributed by atoms with E-state index in [0.29, 0.717) is 11.5 Å². The minimum absolute atomic E-state index is 0.0363. The zero-order valence-corrected chi connectivity index (χ0v) is 14.2. The number of rotatable bonds is 5. The lowest BCUT2D eigenvalue weighted by molar-refractivity contribution is 0.0828. The largest absolute Gasteiger partial charge is 0.486 e. The highest BCUT2D eigenvalue weighted by atomic mass is 35.5. The fraction of sp³-hybridized carbons (Fsp3) is 0.0556. The Bertz CT molecular complexity index is 912. The van der Waals surface area contributed by atoms with E-state index in [-0.39, 0.29) is 23.1 Å². The quantitative estimate of drug-likeness (QED) is 0.531. The van der Waals surface area contributed by atoms with Crippen molar-refractivity contribution in [3.05, 3.63) is 83.0 Å². The molecule has 2 amide bonds. The van der Waals surface area contributed by atoms with E-state index in [4.69, 9.17) is 20.8 Å². The molecule has 1 aromatic carbocycles. The van der Waals surface area contributed by atoms with Crippen molar-refractivity contribution in [2.24, 2.45) is 0 Å². The minimum atomic E-state index is -0.607. The molecule has 0 aliphatic carbocycles. The lowest BCUT2D eigenvalue weighted by atomic mass is 10.3. The number of carbonyl (C=O) groups is 2. The summed E-state index contributed by atoms with van der Waals surface area (Å²) in [6.45, 7) is 0.176. The zero-order chi connectivity index (χ0) is 18.4. The number of carbonyl (C=O) groups excluding carboxylic acids is 2. The second-order valence-electron chi connectivity index (χ2n) is 5.12. The van der Waals surface area contributed by atoms with Gasteiger partial charge < -0.3 is 9.15 Å². The highest BCUT2D eigenvalue weighted by molar-refractivity contribution is 6.32.